The lowest BCUT2D eigenvalue weighted by Gasteiger charge is -2.24. The number of aromatic nitrogens is 2. The van der Waals surface area contributed by atoms with Gasteiger partial charge in [-0.25, -0.2) is 4.98 Å². The molecule has 0 spiro atoms. The van der Waals surface area contributed by atoms with E-state index in [2.05, 4.69) is 15.3 Å². The summed E-state index contributed by atoms with van der Waals surface area (Å²) < 4.78 is 11.0. The van der Waals surface area contributed by atoms with Gasteiger partial charge in [0.15, 0.2) is 0 Å². The molecule has 0 saturated heterocycles. The van der Waals surface area contributed by atoms with Crippen LogP contribution in [0.1, 0.15) is 22.9 Å². The maximum Gasteiger partial charge on any atom is 0.147 e. The van der Waals surface area contributed by atoms with Gasteiger partial charge in [0.2, 0.25) is 0 Å². The molecule has 0 saturated carbocycles. The van der Waals surface area contributed by atoms with Gasteiger partial charge in [-0.2, -0.15) is 0 Å². The summed E-state index contributed by atoms with van der Waals surface area (Å²) in [7, 11) is 3.23. The zero-order valence-electron chi connectivity index (χ0n) is 17.1. The van der Waals surface area contributed by atoms with Gasteiger partial charge >= 0.3 is 0 Å². The molecule has 1 atom stereocenters. The molecule has 0 radical (unpaired) electrons. The second kappa shape index (κ2) is 8.29. The van der Waals surface area contributed by atoms with Crippen LogP contribution in [0.25, 0.3) is 10.9 Å². The molecule has 0 fully saturated rings. The third kappa shape index (κ3) is 3.72. The van der Waals surface area contributed by atoms with Crippen molar-refractivity contribution in [2.24, 2.45) is 0 Å². The fourth-order valence-electron chi connectivity index (χ4n) is 3.53. The highest BCUT2D eigenvalue weighted by Crippen LogP contribution is 2.40. The summed E-state index contributed by atoms with van der Waals surface area (Å²) in [6.45, 7) is 1.94. The van der Waals surface area contributed by atoms with Crippen LogP contribution in [0.3, 0.4) is 0 Å². The van der Waals surface area contributed by atoms with Crippen molar-refractivity contribution in [1.82, 2.24) is 9.97 Å². The number of nitrogens with one attached hydrogen (secondary N) is 1. The molecule has 4 rings (SSSR count). The molecule has 152 valence electrons. The maximum absolute atomic E-state index is 11.1. The summed E-state index contributed by atoms with van der Waals surface area (Å²) >= 11 is 0. The predicted octanol–water partition coefficient (Wildman–Crippen LogP) is 4.86. The molecule has 0 unspecified atom stereocenters. The summed E-state index contributed by atoms with van der Waals surface area (Å²) in [4.78, 5) is 8.94. The van der Waals surface area contributed by atoms with Crippen LogP contribution in [-0.4, -0.2) is 29.3 Å². The summed E-state index contributed by atoms with van der Waals surface area (Å²) in [6.07, 6.45) is 1.67. The Morgan fingerprint density at radius 3 is 2.53 bits per heavy atom. The Labute approximate surface area is 175 Å². The fourth-order valence-corrected chi connectivity index (χ4v) is 3.53. The molecule has 2 aromatic carbocycles. The number of pyridine rings is 2. The van der Waals surface area contributed by atoms with E-state index in [1.54, 1.807) is 20.4 Å². The van der Waals surface area contributed by atoms with E-state index in [1.807, 2.05) is 67.6 Å². The van der Waals surface area contributed by atoms with E-state index < -0.39 is 6.04 Å². The highest BCUT2D eigenvalue weighted by Gasteiger charge is 2.24. The van der Waals surface area contributed by atoms with Crippen molar-refractivity contribution in [2.75, 3.05) is 19.5 Å². The molecule has 0 aliphatic carbocycles. The quantitative estimate of drug-likeness (QED) is 0.480. The Hall–Kier alpha value is -3.80. The Balaban J connectivity index is 1.89. The number of hydrogen-bond acceptors (Lipinski definition) is 6. The average molecular weight is 401 g/mol. The Bertz CT molecular complexity index is 1190. The van der Waals surface area contributed by atoms with Crippen LogP contribution in [0.5, 0.6) is 17.2 Å². The van der Waals surface area contributed by atoms with Crippen molar-refractivity contribution in [3.63, 3.8) is 0 Å². The van der Waals surface area contributed by atoms with E-state index >= 15 is 0 Å². The first-order chi connectivity index (χ1) is 14.6. The van der Waals surface area contributed by atoms with Crippen molar-refractivity contribution in [1.29, 1.82) is 0 Å². The third-order valence-electron chi connectivity index (χ3n) is 5.02. The van der Waals surface area contributed by atoms with E-state index in [0.717, 1.165) is 16.6 Å². The van der Waals surface area contributed by atoms with Gasteiger partial charge in [-0.15, -0.1) is 0 Å². The van der Waals surface area contributed by atoms with Gasteiger partial charge in [0.25, 0.3) is 0 Å². The molecule has 30 heavy (non-hydrogen) atoms. The van der Waals surface area contributed by atoms with Crippen molar-refractivity contribution < 1.29 is 14.6 Å². The number of rotatable bonds is 6. The molecule has 0 amide bonds. The normalized spacial score (nSPS) is 11.8. The first-order valence-electron chi connectivity index (χ1n) is 9.59. The maximum atomic E-state index is 11.1. The first-order valence-corrected chi connectivity index (χ1v) is 9.59. The molecule has 2 aromatic heterocycles. The van der Waals surface area contributed by atoms with Gasteiger partial charge in [-0.3, -0.25) is 4.98 Å². The van der Waals surface area contributed by atoms with E-state index in [9.17, 15) is 5.11 Å². The summed E-state index contributed by atoms with van der Waals surface area (Å²) in [6, 6.07) is 18.6. The van der Waals surface area contributed by atoms with E-state index in [1.165, 1.54) is 0 Å². The molecule has 4 aromatic rings. The van der Waals surface area contributed by atoms with Gasteiger partial charge in [0, 0.05) is 34.5 Å². The van der Waals surface area contributed by atoms with Crippen LogP contribution in [0, 0.1) is 6.92 Å². The molecular formula is C24H23N3O3. The van der Waals surface area contributed by atoms with E-state index in [-0.39, 0.29) is 5.75 Å². The minimum Gasteiger partial charge on any atom is -0.505 e. The van der Waals surface area contributed by atoms with Crippen LogP contribution in [0.15, 0.2) is 66.9 Å². The van der Waals surface area contributed by atoms with Crippen molar-refractivity contribution in [3.8, 4) is 17.2 Å². The average Bonchev–Trinajstić information content (AvgIpc) is 2.78. The fraction of sp³-hybridized carbons (Fsp3) is 0.167. The number of phenols is 1. The van der Waals surface area contributed by atoms with Crippen molar-refractivity contribution >= 4 is 16.7 Å². The number of anilines is 1. The molecule has 0 aliphatic heterocycles. The van der Waals surface area contributed by atoms with E-state index in [0.29, 0.717) is 28.4 Å². The van der Waals surface area contributed by atoms with Gasteiger partial charge in [0.05, 0.1) is 20.3 Å². The lowest BCUT2D eigenvalue weighted by Crippen LogP contribution is -2.15. The highest BCUT2D eigenvalue weighted by molar-refractivity contribution is 5.86. The molecule has 6 heteroatoms. The standard InChI is InChI=1S/C24H23N3O3/c1-15-6-4-8-21(26-15)27-23(18-12-10-17(29-2)14-20(18)30-3)19-11-9-16-7-5-13-25-22(16)24(19)28/h4-14,23,28H,1-3H3,(H,26,27)/t23-/m0/s1. The largest absolute Gasteiger partial charge is 0.505 e. The number of phenolic OH excluding ortho intramolecular Hbond substituents is 1. The minimum atomic E-state index is -0.424. The van der Waals surface area contributed by atoms with Gasteiger partial charge in [-0.1, -0.05) is 24.3 Å². The number of nitrogens with zero attached hydrogens (tertiary/aromatic N) is 2. The molecule has 2 N–H and O–H groups in total. The zero-order valence-corrected chi connectivity index (χ0v) is 17.1. The number of methoxy groups -OCH3 is 2. The van der Waals surface area contributed by atoms with Crippen LogP contribution in [0.4, 0.5) is 5.82 Å². The molecule has 0 bridgehead atoms. The Morgan fingerprint density at radius 1 is 0.933 bits per heavy atom. The Morgan fingerprint density at radius 2 is 1.77 bits per heavy atom. The zero-order chi connectivity index (χ0) is 21.1. The number of aryl methyl sites for hydroxylation is 1. The molecule has 6 nitrogen and oxygen atoms in total. The summed E-state index contributed by atoms with van der Waals surface area (Å²) in [5.41, 5.74) is 2.96. The second-order valence-corrected chi connectivity index (χ2v) is 6.93. The van der Waals surface area contributed by atoms with Crippen LogP contribution in [0.2, 0.25) is 0 Å². The number of ether oxygens (including phenoxy) is 2. The minimum absolute atomic E-state index is 0.121. The number of aromatic hydroxyl groups is 1. The topological polar surface area (TPSA) is 76.5 Å². The highest BCUT2D eigenvalue weighted by atomic mass is 16.5. The van der Waals surface area contributed by atoms with Crippen molar-refractivity contribution in [3.05, 3.63) is 83.7 Å². The predicted molar refractivity (Wildman–Crippen MR) is 117 cm³/mol. The third-order valence-corrected chi connectivity index (χ3v) is 5.02. The van der Waals surface area contributed by atoms with Crippen LogP contribution < -0.4 is 14.8 Å². The SMILES string of the molecule is COc1ccc([C@H](Nc2cccc(C)n2)c2ccc3cccnc3c2O)c(OC)c1. The van der Waals surface area contributed by atoms with Crippen LogP contribution >= 0.6 is 0 Å². The summed E-state index contributed by atoms with van der Waals surface area (Å²) in [5.74, 6) is 2.14. The monoisotopic (exact) mass is 401 g/mol. The number of benzene rings is 2. The Kier molecular flexibility index (Phi) is 5.39. The molecule has 2 heterocycles. The first kappa shape index (κ1) is 19.5. The molecular weight excluding hydrogens is 378 g/mol. The summed E-state index contributed by atoms with van der Waals surface area (Å²) in [5, 5.41) is 15.4. The molecule has 0 aliphatic rings. The van der Waals surface area contributed by atoms with Gasteiger partial charge < -0.3 is 19.9 Å². The lowest BCUT2D eigenvalue weighted by atomic mass is 9.95. The number of hydrogen-bond donors (Lipinski definition) is 2. The van der Waals surface area contributed by atoms with Crippen molar-refractivity contribution in [2.45, 2.75) is 13.0 Å². The smallest absolute Gasteiger partial charge is 0.147 e. The van der Waals surface area contributed by atoms with Gasteiger partial charge in [-0.05, 0) is 37.3 Å². The number of fused-ring (bicyclic) bond motifs is 1. The van der Waals surface area contributed by atoms with Crippen LogP contribution in [-0.2, 0) is 0 Å². The van der Waals surface area contributed by atoms with E-state index in [4.69, 9.17) is 9.47 Å². The second-order valence-electron chi connectivity index (χ2n) is 6.93. The van der Waals surface area contributed by atoms with Gasteiger partial charge in [0.1, 0.15) is 28.6 Å². The lowest BCUT2D eigenvalue weighted by molar-refractivity contribution is 0.390.